The Hall–Kier alpha value is -4.46. The maximum Gasteiger partial charge on any atom is 0.412 e. The van der Waals surface area contributed by atoms with E-state index >= 15 is 0 Å². The fourth-order valence-corrected chi connectivity index (χ4v) is 2.57. The largest absolute Gasteiger partial charge is 0.465 e. The summed E-state index contributed by atoms with van der Waals surface area (Å²) in [5, 5.41) is 30.2. The number of benzene rings is 1. The Bertz CT molecular complexity index is 1090. The molecule has 3 aromatic rings. The van der Waals surface area contributed by atoms with Gasteiger partial charge >= 0.3 is 11.8 Å². The first-order valence-electron chi connectivity index (χ1n) is 7.75. The van der Waals surface area contributed by atoms with Gasteiger partial charge in [0.25, 0.3) is 0 Å². The summed E-state index contributed by atoms with van der Waals surface area (Å²) in [7, 11) is 0. The van der Waals surface area contributed by atoms with E-state index in [9.17, 15) is 20.0 Å². The lowest BCUT2D eigenvalue weighted by atomic mass is 10.1. The minimum Gasteiger partial charge on any atom is -0.465 e. The van der Waals surface area contributed by atoms with Crippen molar-refractivity contribution in [2.24, 2.45) is 0 Å². The van der Waals surface area contributed by atoms with E-state index in [1.165, 1.54) is 24.6 Å². The van der Waals surface area contributed by atoms with Crippen LogP contribution >= 0.6 is 0 Å². The van der Waals surface area contributed by atoms with E-state index in [-0.39, 0.29) is 23.8 Å². The van der Waals surface area contributed by atoms with Crippen molar-refractivity contribution in [1.82, 2.24) is 9.97 Å². The Morgan fingerprint density at radius 2 is 2.21 bits per heavy atom. The molecule has 1 amide bonds. The van der Waals surface area contributed by atoms with Gasteiger partial charge in [-0.2, -0.15) is 5.26 Å². The normalized spacial score (nSPS) is 10.2. The molecule has 0 fully saturated rings. The monoisotopic (exact) mass is 380 g/mol. The number of pyridine rings is 1. The Balaban J connectivity index is 2.14. The topological polar surface area (TPSA) is 172 Å². The molecule has 0 radical (unpaired) electrons. The van der Waals surface area contributed by atoms with Gasteiger partial charge in [0.15, 0.2) is 0 Å². The second-order valence-corrected chi connectivity index (χ2v) is 5.54. The van der Waals surface area contributed by atoms with Crippen LogP contribution in [-0.2, 0) is 6.54 Å². The van der Waals surface area contributed by atoms with Crippen molar-refractivity contribution in [3.8, 4) is 17.7 Å². The number of carbonyl (C=O) groups is 1. The molecule has 3 N–H and O–H groups in total. The second-order valence-electron chi connectivity index (χ2n) is 5.54. The first-order valence-corrected chi connectivity index (χ1v) is 7.75. The van der Waals surface area contributed by atoms with Crippen LogP contribution in [0.15, 0.2) is 47.2 Å². The average Bonchev–Trinajstić information content (AvgIpc) is 3.20. The Morgan fingerprint density at radius 1 is 1.43 bits per heavy atom. The van der Waals surface area contributed by atoms with Crippen molar-refractivity contribution in [2.75, 3.05) is 10.6 Å². The number of hydrogen-bond acceptors (Lipinski definition) is 8. The molecule has 0 unspecified atom stereocenters. The number of nitrogens with zero attached hydrogens (tertiary/aromatic N) is 5. The summed E-state index contributed by atoms with van der Waals surface area (Å²) >= 11 is 0. The van der Waals surface area contributed by atoms with Crippen LogP contribution in [0.5, 0.6) is 0 Å². The first-order chi connectivity index (χ1) is 13.4. The SMILES string of the molecule is N#Cc1cccc(CN(C(=O)O)c2cc(-c3ncco3)nc(N)c2[N+](=O)[O-])c1. The van der Waals surface area contributed by atoms with Gasteiger partial charge in [-0.3, -0.25) is 15.0 Å². The van der Waals surface area contributed by atoms with E-state index in [1.54, 1.807) is 18.2 Å². The van der Waals surface area contributed by atoms with E-state index in [0.717, 1.165) is 4.90 Å². The zero-order valence-corrected chi connectivity index (χ0v) is 14.1. The number of nitriles is 1. The maximum absolute atomic E-state index is 11.9. The predicted octanol–water partition coefficient (Wildman–Crippen LogP) is 2.78. The summed E-state index contributed by atoms with van der Waals surface area (Å²) < 4.78 is 5.12. The van der Waals surface area contributed by atoms with Gasteiger partial charge in [0, 0.05) is 6.07 Å². The lowest BCUT2D eigenvalue weighted by Gasteiger charge is -2.20. The molecule has 0 bridgehead atoms. The summed E-state index contributed by atoms with van der Waals surface area (Å²) in [4.78, 5) is 31.1. The molecule has 0 aliphatic carbocycles. The zero-order chi connectivity index (χ0) is 20.3. The van der Waals surface area contributed by atoms with Crippen LogP contribution in [0.25, 0.3) is 11.6 Å². The van der Waals surface area contributed by atoms with Gasteiger partial charge in [-0.25, -0.2) is 14.8 Å². The van der Waals surface area contributed by atoms with Crippen molar-refractivity contribution in [3.05, 3.63) is 64.0 Å². The molecule has 0 spiro atoms. The van der Waals surface area contributed by atoms with Crippen LogP contribution in [0.4, 0.5) is 22.0 Å². The van der Waals surface area contributed by atoms with Crippen molar-refractivity contribution < 1.29 is 19.2 Å². The molecule has 2 heterocycles. The number of hydrogen-bond donors (Lipinski definition) is 2. The second kappa shape index (κ2) is 7.42. The number of amides is 1. The van der Waals surface area contributed by atoms with E-state index in [1.807, 2.05) is 6.07 Å². The lowest BCUT2D eigenvalue weighted by molar-refractivity contribution is -0.383. The van der Waals surface area contributed by atoms with Gasteiger partial charge in [0.1, 0.15) is 17.6 Å². The Kier molecular flexibility index (Phi) is 4.86. The fraction of sp³-hybridized carbons (Fsp3) is 0.0588. The molecule has 28 heavy (non-hydrogen) atoms. The van der Waals surface area contributed by atoms with Crippen LogP contribution in [0, 0.1) is 21.4 Å². The number of aromatic nitrogens is 2. The third-order valence-electron chi connectivity index (χ3n) is 3.75. The minimum atomic E-state index is -1.45. The van der Waals surface area contributed by atoms with Gasteiger partial charge in [-0.1, -0.05) is 12.1 Å². The van der Waals surface area contributed by atoms with Gasteiger partial charge in [0.05, 0.1) is 29.3 Å². The molecule has 0 aliphatic heterocycles. The standard InChI is InChI=1S/C17H12N6O5/c18-8-10-2-1-3-11(6-10)9-22(17(24)25)13-7-12(16-20-4-5-28-16)21-15(19)14(13)23(26)27/h1-7H,9H2,(H2,19,21)(H,24,25). The van der Waals surface area contributed by atoms with Crippen LogP contribution in [0.1, 0.15) is 11.1 Å². The highest BCUT2D eigenvalue weighted by molar-refractivity contribution is 5.92. The van der Waals surface area contributed by atoms with Crippen molar-refractivity contribution in [3.63, 3.8) is 0 Å². The molecule has 0 saturated carbocycles. The van der Waals surface area contributed by atoms with Gasteiger partial charge in [-0.05, 0) is 17.7 Å². The number of carboxylic acid groups (broad SMARTS) is 1. The predicted molar refractivity (Wildman–Crippen MR) is 96.2 cm³/mol. The summed E-state index contributed by atoms with van der Waals surface area (Å²) in [6.07, 6.45) is 1.17. The van der Waals surface area contributed by atoms with E-state index < -0.39 is 22.5 Å². The highest BCUT2D eigenvalue weighted by Gasteiger charge is 2.30. The number of nitrogens with two attached hydrogens (primary N) is 1. The van der Waals surface area contributed by atoms with Gasteiger partial charge < -0.3 is 15.3 Å². The smallest absolute Gasteiger partial charge is 0.412 e. The number of anilines is 2. The van der Waals surface area contributed by atoms with Crippen molar-refractivity contribution in [2.45, 2.75) is 6.54 Å². The van der Waals surface area contributed by atoms with Crippen LogP contribution in [-0.4, -0.2) is 26.1 Å². The molecule has 3 rings (SSSR count). The van der Waals surface area contributed by atoms with Gasteiger partial charge in [0.2, 0.25) is 11.7 Å². The quantitative estimate of drug-likeness (QED) is 0.498. The molecule has 140 valence electrons. The molecular formula is C17H12N6O5. The third kappa shape index (κ3) is 3.56. The van der Waals surface area contributed by atoms with Crippen LogP contribution in [0.3, 0.4) is 0 Å². The Labute approximate surface area is 157 Å². The van der Waals surface area contributed by atoms with Crippen LogP contribution in [0.2, 0.25) is 0 Å². The summed E-state index contributed by atoms with van der Waals surface area (Å²) in [6, 6.07) is 9.35. The summed E-state index contributed by atoms with van der Waals surface area (Å²) in [5.41, 5.74) is 5.60. The molecule has 1 aromatic carbocycles. The van der Waals surface area contributed by atoms with Gasteiger partial charge in [-0.15, -0.1) is 0 Å². The molecule has 2 aromatic heterocycles. The summed E-state index contributed by atoms with van der Waals surface area (Å²) in [6.45, 7) is -0.250. The number of nitro groups is 1. The highest BCUT2D eigenvalue weighted by Crippen LogP contribution is 2.36. The summed E-state index contributed by atoms with van der Waals surface area (Å²) in [5.74, 6) is -0.451. The fourth-order valence-electron chi connectivity index (χ4n) is 2.57. The average molecular weight is 380 g/mol. The molecule has 0 atom stereocenters. The zero-order valence-electron chi connectivity index (χ0n) is 14.1. The third-order valence-corrected chi connectivity index (χ3v) is 3.75. The molecule has 11 heteroatoms. The van der Waals surface area contributed by atoms with Crippen molar-refractivity contribution >= 4 is 23.3 Å². The molecule has 0 aliphatic rings. The number of nitrogen functional groups attached to an aromatic ring is 1. The number of rotatable bonds is 5. The van der Waals surface area contributed by atoms with Crippen molar-refractivity contribution in [1.29, 1.82) is 5.26 Å². The highest BCUT2D eigenvalue weighted by atomic mass is 16.6. The molecular weight excluding hydrogens is 368 g/mol. The molecule has 0 saturated heterocycles. The first kappa shape index (κ1) is 18.3. The van der Waals surface area contributed by atoms with E-state index in [0.29, 0.717) is 11.1 Å². The molecule has 11 nitrogen and oxygen atoms in total. The number of oxazole rings is 1. The minimum absolute atomic E-state index is 0.0275. The van der Waals surface area contributed by atoms with E-state index in [4.69, 9.17) is 15.4 Å². The van der Waals surface area contributed by atoms with Crippen LogP contribution < -0.4 is 10.6 Å². The Morgan fingerprint density at radius 3 is 2.82 bits per heavy atom. The van der Waals surface area contributed by atoms with E-state index in [2.05, 4.69) is 9.97 Å². The maximum atomic E-state index is 11.9. The lowest BCUT2D eigenvalue weighted by Crippen LogP contribution is -2.29.